The highest BCUT2D eigenvalue weighted by Gasteiger charge is 2.12. The van der Waals surface area contributed by atoms with Crippen LogP contribution in [0.3, 0.4) is 0 Å². The molecule has 2 aromatic carbocycles. The minimum atomic E-state index is -0.0449. The molecule has 6 heteroatoms. The van der Waals surface area contributed by atoms with E-state index in [1.165, 1.54) is 6.33 Å². The SMILES string of the molecule is CC(C)CNC(=O)c1cccc(-c2ccc3c(c2)sc2c(N)ncnc23)c1. The maximum absolute atomic E-state index is 12.4. The zero-order valence-electron chi connectivity index (χ0n) is 15.2. The van der Waals surface area contributed by atoms with Gasteiger partial charge in [-0.05, 0) is 35.2 Å². The van der Waals surface area contributed by atoms with Gasteiger partial charge in [0.15, 0.2) is 0 Å². The lowest BCUT2D eigenvalue weighted by atomic mass is 10.0. The molecule has 0 radical (unpaired) electrons. The summed E-state index contributed by atoms with van der Waals surface area (Å²) in [6.07, 6.45) is 1.50. The minimum Gasteiger partial charge on any atom is -0.382 e. The standard InChI is InChI=1S/C21H20N4OS/c1-12(2)10-23-21(26)15-5-3-4-13(8-15)14-6-7-16-17(9-14)27-19-18(16)24-11-25-20(19)22/h3-9,11-12H,10H2,1-2H3,(H,23,26)(H2,22,24,25). The van der Waals surface area contributed by atoms with Crippen LogP contribution in [0.2, 0.25) is 0 Å². The Labute approximate surface area is 161 Å². The van der Waals surface area contributed by atoms with Crippen LogP contribution in [0.5, 0.6) is 0 Å². The summed E-state index contributed by atoms with van der Waals surface area (Å²) in [5.41, 5.74) is 9.60. The van der Waals surface area contributed by atoms with Crippen LogP contribution in [0.15, 0.2) is 48.8 Å². The normalized spacial score (nSPS) is 11.4. The van der Waals surface area contributed by atoms with Crippen molar-refractivity contribution >= 4 is 43.4 Å². The topological polar surface area (TPSA) is 80.9 Å². The number of nitrogens with two attached hydrogens (primary N) is 1. The molecule has 4 aromatic rings. The van der Waals surface area contributed by atoms with Gasteiger partial charge in [-0.15, -0.1) is 11.3 Å². The second-order valence-electron chi connectivity index (χ2n) is 6.93. The number of carbonyl (C=O) groups excluding carboxylic acids is 1. The van der Waals surface area contributed by atoms with Crippen LogP contribution < -0.4 is 11.1 Å². The van der Waals surface area contributed by atoms with E-state index in [2.05, 4.69) is 47.3 Å². The molecule has 2 aromatic heterocycles. The summed E-state index contributed by atoms with van der Waals surface area (Å²) < 4.78 is 2.01. The third-order valence-electron chi connectivity index (χ3n) is 4.41. The molecular formula is C21H20N4OS. The Bertz CT molecular complexity index is 1150. The van der Waals surface area contributed by atoms with E-state index in [0.29, 0.717) is 23.8 Å². The van der Waals surface area contributed by atoms with Gasteiger partial charge in [0.05, 0.1) is 10.2 Å². The van der Waals surface area contributed by atoms with Gasteiger partial charge in [-0.3, -0.25) is 4.79 Å². The monoisotopic (exact) mass is 376 g/mol. The third-order valence-corrected chi connectivity index (χ3v) is 5.57. The molecule has 0 bridgehead atoms. The number of hydrogen-bond donors (Lipinski definition) is 2. The van der Waals surface area contributed by atoms with Gasteiger partial charge >= 0.3 is 0 Å². The van der Waals surface area contributed by atoms with Crippen LogP contribution >= 0.6 is 11.3 Å². The predicted octanol–water partition coefficient (Wildman–Crippen LogP) is 4.48. The molecule has 0 aliphatic rings. The summed E-state index contributed by atoms with van der Waals surface area (Å²) in [6, 6.07) is 13.9. The molecular weight excluding hydrogens is 356 g/mol. The fourth-order valence-corrected chi connectivity index (χ4v) is 4.11. The molecule has 4 rings (SSSR count). The zero-order valence-corrected chi connectivity index (χ0v) is 16.0. The number of amides is 1. The number of hydrogen-bond acceptors (Lipinski definition) is 5. The lowest BCUT2D eigenvalue weighted by Crippen LogP contribution is -2.27. The average Bonchev–Trinajstić information content (AvgIpc) is 3.05. The van der Waals surface area contributed by atoms with Crippen LogP contribution in [0.25, 0.3) is 31.4 Å². The van der Waals surface area contributed by atoms with E-state index >= 15 is 0 Å². The first kappa shape index (κ1) is 17.4. The smallest absolute Gasteiger partial charge is 0.251 e. The van der Waals surface area contributed by atoms with Gasteiger partial charge in [-0.1, -0.05) is 38.1 Å². The predicted molar refractivity (Wildman–Crippen MR) is 112 cm³/mol. The maximum atomic E-state index is 12.4. The number of rotatable bonds is 4. The van der Waals surface area contributed by atoms with Gasteiger partial charge in [0, 0.05) is 22.2 Å². The molecule has 27 heavy (non-hydrogen) atoms. The quantitative estimate of drug-likeness (QED) is 0.550. The lowest BCUT2D eigenvalue weighted by molar-refractivity contribution is 0.0949. The largest absolute Gasteiger partial charge is 0.382 e. The van der Waals surface area contributed by atoms with E-state index in [9.17, 15) is 4.79 Å². The molecule has 5 nitrogen and oxygen atoms in total. The van der Waals surface area contributed by atoms with Crippen LogP contribution in [0.4, 0.5) is 5.82 Å². The Balaban J connectivity index is 1.72. The lowest BCUT2D eigenvalue weighted by Gasteiger charge is -2.09. The van der Waals surface area contributed by atoms with Crippen molar-refractivity contribution in [1.29, 1.82) is 0 Å². The van der Waals surface area contributed by atoms with Crippen LogP contribution in [0, 0.1) is 5.92 Å². The van der Waals surface area contributed by atoms with Gasteiger partial charge in [-0.25, -0.2) is 9.97 Å². The Morgan fingerprint density at radius 1 is 1.15 bits per heavy atom. The van der Waals surface area contributed by atoms with Crippen LogP contribution in [-0.2, 0) is 0 Å². The number of nitrogen functional groups attached to an aromatic ring is 1. The van der Waals surface area contributed by atoms with Gasteiger partial charge in [0.2, 0.25) is 0 Å². The summed E-state index contributed by atoms with van der Waals surface area (Å²) in [5, 5.41) is 4.03. The van der Waals surface area contributed by atoms with E-state index in [4.69, 9.17) is 5.73 Å². The summed E-state index contributed by atoms with van der Waals surface area (Å²) in [4.78, 5) is 20.8. The number of nitrogens with zero attached hydrogens (tertiary/aromatic N) is 2. The Morgan fingerprint density at radius 3 is 2.78 bits per heavy atom. The Morgan fingerprint density at radius 2 is 1.96 bits per heavy atom. The van der Waals surface area contributed by atoms with E-state index in [1.54, 1.807) is 11.3 Å². The van der Waals surface area contributed by atoms with E-state index in [0.717, 1.165) is 31.4 Å². The Hall–Kier alpha value is -2.99. The number of benzene rings is 2. The summed E-state index contributed by atoms with van der Waals surface area (Å²) >= 11 is 1.59. The highest BCUT2D eigenvalue weighted by atomic mass is 32.1. The average molecular weight is 376 g/mol. The number of aromatic nitrogens is 2. The molecule has 0 atom stereocenters. The summed E-state index contributed by atoms with van der Waals surface area (Å²) in [5.74, 6) is 0.881. The van der Waals surface area contributed by atoms with Crippen molar-refractivity contribution in [3.05, 3.63) is 54.4 Å². The fourth-order valence-electron chi connectivity index (χ4n) is 3.01. The maximum Gasteiger partial charge on any atom is 0.251 e. The van der Waals surface area contributed by atoms with Crippen molar-refractivity contribution in [2.24, 2.45) is 5.92 Å². The summed E-state index contributed by atoms with van der Waals surface area (Å²) in [6.45, 7) is 4.82. The summed E-state index contributed by atoms with van der Waals surface area (Å²) in [7, 11) is 0. The van der Waals surface area contributed by atoms with Gasteiger partial charge < -0.3 is 11.1 Å². The van der Waals surface area contributed by atoms with E-state index in [1.807, 2.05) is 24.3 Å². The first-order chi connectivity index (χ1) is 13.0. The molecule has 0 aliphatic heterocycles. The number of thiophene rings is 1. The highest BCUT2D eigenvalue weighted by molar-refractivity contribution is 7.26. The molecule has 0 aliphatic carbocycles. The minimum absolute atomic E-state index is 0.0449. The van der Waals surface area contributed by atoms with E-state index in [-0.39, 0.29) is 5.91 Å². The van der Waals surface area contributed by atoms with E-state index < -0.39 is 0 Å². The third kappa shape index (κ3) is 3.36. The van der Waals surface area contributed by atoms with Crippen LogP contribution in [0.1, 0.15) is 24.2 Å². The van der Waals surface area contributed by atoms with Crippen molar-refractivity contribution in [1.82, 2.24) is 15.3 Å². The number of nitrogens with one attached hydrogen (secondary N) is 1. The first-order valence-electron chi connectivity index (χ1n) is 8.84. The number of fused-ring (bicyclic) bond motifs is 3. The molecule has 0 saturated heterocycles. The number of anilines is 1. The van der Waals surface area contributed by atoms with Gasteiger partial charge in [-0.2, -0.15) is 0 Å². The molecule has 3 N–H and O–H groups in total. The second kappa shape index (κ2) is 6.96. The highest BCUT2D eigenvalue weighted by Crippen LogP contribution is 2.37. The molecule has 2 heterocycles. The van der Waals surface area contributed by atoms with Gasteiger partial charge in [0.1, 0.15) is 12.1 Å². The molecule has 136 valence electrons. The molecule has 1 amide bonds. The fraction of sp³-hybridized carbons (Fsp3) is 0.190. The van der Waals surface area contributed by atoms with Crippen molar-refractivity contribution in [3.63, 3.8) is 0 Å². The molecule has 0 saturated carbocycles. The zero-order chi connectivity index (χ0) is 19.0. The number of carbonyl (C=O) groups is 1. The molecule has 0 fully saturated rings. The Kier molecular flexibility index (Phi) is 4.49. The van der Waals surface area contributed by atoms with Crippen LogP contribution in [-0.4, -0.2) is 22.4 Å². The van der Waals surface area contributed by atoms with Crippen molar-refractivity contribution < 1.29 is 4.79 Å². The van der Waals surface area contributed by atoms with Crippen molar-refractivity contribution in [3.8, 4) is 11.1 Å². The molecule has 0 unspecified atom stereocenters. The molecule has 0 spiro atoms. The van der Waals surface area contributed by atoms with Gasteiger partial charge in [0.25, 0.3) is 5.91 Å². The first-order valence-corrected chi connectivity index (χ1v) is 9.66. The van der Waals surface area contributed by atoms with Crippen molar-refractivity contribution in [2.75, 3.05) is 12.3 Å². The second-order valence-corrected chi connectivity index (χ2v) is 7.99. The van der Waals surface area contributed by atoms with Crippen molar-refractivity contribution in [2.45, 2.75) is 13.8 Å².